The molecule has 0 aliphatic heterocycles. The summed E-state index contributed by atoms with van der Waals surface area (Å²) in [6.07, 6.45) is 1.89. The second-order valence-corrected chi connectivity index (χ2v) is 3.59. The van der Waals surface area contributed by atoms with E-state index >= 15 is 0 Å². The fourth-order valence-corrected chi connectivity index (χ4v) is 1.33. The number of rotatable bonds is 6. The van der Waals surface area contributed by atoms with Crippen molar-refractivity contribution < 1.29 is 9.84 Å². The van der Waals surface area contributed by atoms with Gasteiger partial charge in [0.15, 0.2) is 0 Å². The van der Waals surface area contributed by atoms with E-state index in [4.69, 9.17) is 15.6 Å². The summed E-state index contributed by atoms with van der Waals surface area (Å²) in [6.45, 7) is 2.47. The summed E-state index contributed by atoms with van der Waals surface area (Å²) in [5.41, 5.74) is 7.08. The lowest BCUT2D eigenvalue weighted by Crippen LogP contribution is -2.21. The summed E-state index contributed by atoms with van der Waals surface area (Å²) in [6, 6.07) is 8.08. The summed E-state index contributed by atoms with van der Waals surface area (Å²) >= 11 is 0. The highest BCUT2D eigenvalue weighted by Gasteiger charge is 2.01. The molecule has 3 heteroatoms. The van der Waals surface area contributed by atoms with E-state index in [0.29, 0.717) is 6.61 Å². The highest BCUT2D eigenvalue weighted by Crippen LogP contribution is 2.13. The van der Waals surface area contributed by atoms with Gasteiger partial charge in [0.1, 0.15) is 12.4 Å². The first-order chi connectivity index (χ1) is 7.26. The molecule has 1 aromatic rings. The van der Waals surface area contributed by atoms with Crippen LogP contribution in [0.4, 0.5) is 0 Å². The van der Waals surface area contributed by atoms with Crippen LogP contribution in [0.3, 0.4) is 0 Å². The van der Waals surface area contributed by atoms with Gasteiger partial charge in [0, 0.05) is 6.04 Å². The third kappa shape index (κ3) is 4.32. The van der Waals surface area contributed by atoms with Gasteiger partial charge in [0.25, 0.3) is 0 Å². The minimum atomic E-state index is 0.0441. The molecule has 15 heavy (non-hydrogen) atoms. The molecule has 0 bridgehead atoms. The zero-order chi connectivity index (χ0) is 11.1. The van der Waals surface area contributed by atoms with Crippen molar-refractivity contribution in [2.24, 2.45) is 5.73 Å². The Morgan fingerprint density at radius 3 is 2.53 bits per heavy atom. The van der Waals surface area contributed by atoms with E-state index in [-0.39, 0.29) is 12.6 Å². The van der Waals surface area contributed by atoms with Crippen LogP contribution >= 0.6 is 0 Å². The summed E-state index contributed by atoms with van der Waals surface area (Å²) < 4.78 is 5.26. The van der Waals surface area contributed by atoms with E-state index in [1.807, 2.05) is 24.3 Å². The molecule has 3 N–H and O–H groups in total. The van der Waals surface area contributed by atoms with Gasteiger partial charge in [0.2, 0.25) is 0 Å². The van der Waals surface area contributed by atoms with Crippen molar-refractivity contribution in [2.45, 2.75) is 25.8 Å². The van der Waals surface area contributed by atoms with E-state index in [1.54, 1.807) is 0 Å². The highest BCUT2D eigenvalue weighted by molar-refractivity contribution is 5.27. The van der Waals surface area contributed by atoms with Crippen molar-refractivity contribution >= 4 is 0 Å². The van der Waals surface area contributed by atoms with E-state index in [9.17, 15) is 0 Å². The number of aliphatic hydroxyl groups excluding tert-OH is 1. The van der Waals surface area contributed by atoms with Crippen LogP contribution in [0.1, 0.15) is 18.9 Å². The van der Waals surface area contributed by atoms with Crippen molar-refractivity contribution in [3.63, 3.8) is 0 Å². The number of benzene rings is 1. The molecule has 84 valence electrons. The molecule has 0 spiro atoms. The predicted octanol–water partition coefficient (Wildman–Crippen LogP) is 1.34. The first-order valence-corrected chi connectivity index (χ1v) is 5.34. The first kappa shape index (κ1) is 12.0. The molecule has 0 amide bonds. The van der Waals surface area contributed by atoms with E-state index in [1.165, 1.54) is 5.56 Å². The average Bonchev–Trinajstić information content (AvgIpc) is 2.28. The molecule has 1 rings (SSSR count). The fraction of sp³-hybridized carbons (Fsp3) is 0.500. The molecular weight excluding hydrogens is 190 g/mol. The fourth-order valence-electron chi connectivity index (χ4n) is 1.33. The largest absolute Gasteiger partial charge is 0.491 e. The molecule has 0 aromatic heterocycles. The van der Waals surface area contributed by atoms with E-state index in [0.717, 1.165) is 18.6 Å². The minimum Gasteiger partial charge on any atom is -0.491 e. The normalized spacial score (nSPS) is 12.5. The zero-order valence-electron chi connectivity index (χ0n) is 9.15. The van der Waals surface area contributed by atoms with Crippen molar-refractivity contribution in [1.29, 1.82) is 0 Å². The number of hydrogen-bond donors (Lipinski definition) is 2. The first-order valence-electron chi connectivity index (χ1n) is 5.34. The van der Waals surface area contributed by atoms with Crippen molar-refractivity contribution in [3.05, 3.63) is 29.8 Å². The Labute approximate surface area is 90.9 Å². The Hall–Kier alpha value is -1.06. The molecule has 3 nitrogen and oxygen atoms in total. The Bertz CT molecular complexity index is 271. The van der Waals surface area contributed by atoms with Gasteiger partial charge >= 0.3 is 0 Å². The third-order valence-corrected chi connectivity index (χ3v) is 2.31. The lowest BCUT2D eigenvalue weighted by atomic mass is 10.0. The molecule has 0 saturated carbocycles. The van der Waals surface area contributed by atoms with E-state index < -0.39 is 0 Å². The monoisotopic (exact) mass is 209 g/mol. The van der Waals surface area contributed by atoms with Crippen LogP contribution in [0.25, 0.3) is 0 Å². The summed E-state index contributed by atoms with van der Waals surface area (Å²) in [7, 11) is 0. The van der Waals surface area contributed by atoms with Gasteiger partial charge in [-0.1, -0.05) is 19.1 Å². The van der Waals surface area contributed by atoms with Crippen LogP contribution in [0.2, 0.25) is 0 Å². The summed E-state index contributed by atoms with van der Waals surface area (Å²) in [4.78, 5) is 0. The zero-order valence-corrected chi connectivity index (χ0v) is 9.15. The number of hydrogen-bond acceptors (Lipinski definition) is 3. The number of aliphatic hydroxyl groups is 1. The SMILES string of the molecule is CCC(N)Cc1ccc(OCCO)cc1. The predicted molar refractivity (Wildman–Crippen MR) is 61.0 cm³/mol. The number of ether oxygens (including phenoxy) is 1. The second-order valence-electron chi connectivity index (χ2n) is 3.59. The highest BCUT2D eigenvalue weighted by atomic mass is 16.5. The van der Waals surface area contributed by atoms with Crippen LogP contribution in [0, 0.1) is 0 Å². The molecule has 0 aliphatic carbocycles. The minimum absolute atomic E-state index is 0.0441. The molecular formula is C12H19NO2. The molecule has 1 atom stereocenters. The Kier molecular flexibility index (Phi) is 5.15. The van der Waals surface area contributed by atoms with Gasteiger partial charge in [-0.05, 0) is 30.5 Å². The lowest BCUT2D eigenvalue weighted by Gasteiger charge is -2.09. The Morgan fingerprint density at radius 2 is 2.00 bits per heavy atom. The van der Waals surface area contributed by atoms with Crippen LogP contribution in [-0.2, 0) is 6.42 Å². The maximum absolute atomic E-state index is 8.59. The number of nitrogens with two attached hydrogens (primary N) is 1. The van der Waals surface area contributed by atoms with Gasteiger partial charge in [-0.3, -0.25) is 0 Å². The van der Waals surface area contributed by atoms with E-state index in [2.05, 4.69) is 6.92 Å². The standard InChI is InChI=1S/C12H19NO2/c1-2-11(13)9-10-3-5-12(6-4-10)15-8-7-14/h3-6,11,14H,2,7-9,13H2,1H3. The van der Waals surface area contributed by atoms with Gasteiger partial charge in [-0.15, -0.1) is 0 Å². The van der Waals surface area contributed by atoms with Crippen molar-refractivity contribution in [2.75, 3.05) is 13.2 Å². The second kappa shape index (κ2) is 6.43. The molecule has 1 unspecified atom stereocenters. The molecule has 1 aromatic carbocycles. The Morgan fingerprint density at radius 1 is 1.33 bits per heavy atom. The van der Waals surface area contributed by atoms with Crippen LogP contribution in [0.15, 0.2) is 24.3 Å². The summed E-state index contributed by atoms with van der Waals surface area (Å²) in [5, 5.41) is 8.59. The van der Waals surface area contributed by atoms with Crippen molar-refractivity contribution in [1.82, 2.24) is 0 Å². The van der Waals surface area contributed by atoms with Crippen LogP contribution in [-0.4, -0.2) is 24.4 Å². The van der Waals surface area contributed by atoms with Crippen molar-refractivity contribution in [3.8, 4) is 5.75 Å². The quantitative estimate of drug-likeness (QED) is 0.743. The average molecular weight is 209 g/mol. The molecule has 0 fully saturated rings. The lowest BCUT2D eigenvalue weighted by molar-refractivity contribution is 0.201. The topological polar surface area (TPSA) is 55.5 Å². The van der Waals surface area contributed by atoms with Crippen LogP contribution < -0.4 is 10.5 Å². The molecule has 0 aliphatic rings. The Balaban J connectivity index is 2.48. The van der Waals surface area contributed by atoms with Gasteiger partial charge < -0.3 is 15.6 Å². The maximum Gasteiger partial charge on any atom is 0.119 e. The van der Waals surface area contributed by atoms with Gasteiger partial charge in [-0.25, -0.2) is 0 Å². The smallest absolute Gasteiger partial charge is 0.119 e. The summed E-state index contributed by atoms with van der Waals surface area (Å²) in [5.74, 6) is 0.790. The van der Waals surface area contributed by atoms with Gasteiger partial charge in [-0.2, -0.15) is 0 Å². The third-order valence-electron chi connectivity index (χ3n) is 2.31. The van der Waals surface area contributed by atoms with Crippen LogP contribution in [0.5, 0.6) is 5.75 Å². The molecule has 0 saturated heterocycles. The maximum atomic E-state index is 8.59. The molecule has 0 heterocycles. The van der Waals surface area contributed by atoms with Gasteiger partial charge in [0.05, 0.1) is 6.61 Å². The molecule has 0 radical (unpaired) electrons.